The van der Waals surface area contributed by atoms with Crippen molar-refractivity contribution in [1.82, 2.24) is 4.90 Å². The third-order valence-electron chi connectivity index (χ3n) is 3.36. The zero-order valence-electron chi connectivity index (χ0n) is 7.38. The molecule has 0 radical (unpaired) electrons. The van der Waals surface area contributed by atoms with Crippen molar-refractivity contribution in [3.63, 3.8) is 0 Å². The zero-order valence-corrected chi connectivity index (χ0v) is 7.38. The van der Waals surface area contributed by atoms with Gasteiger partial charge in [0.2, 0.25) is 0 Å². The van der Waals surface area contributed by atoms with Gasteiger partial charge in [-0.2, -0.15) is 0 Å². The average Bonchev–Trinajstić information content (AvgIpc) is 2.35. The molecule has 2 nitrogen and oxygen atoms in total. The first-order valence-electron chi connectivity index (χ1n) is 4.90. The normalized spacial score (nSPS) is 42.0. The van der Waals surface area contributed by atoms with Crippen LogP contribution in [0.15, 0.2) is 0 Å². The second-order valence-corrected chi connectivity index (χ2v) is 3.97. The highest BCUT2D eigenvalue weighted by Crippen LogP contribution is 2.34. The fraction of sp³-hybridized carbons (Fsp3) is 1.00. The van der Waals surface area contributed by atoms with Gasteiger partial charge in [-0.05, 0) is 25.7 Å². The number of piperidine rings is 1. The number of halogens is 1. The van der Waals surface area contributed by atoms with Crippen LogP contribution in [0.2, 0.25) is 0 Å². The summed E-state index contributed by atoms with van der Waals surface area (Å²) in [6.45, 7) is 0.378. The van der Waals surface area contributed by atoms with Crippen LogP contribution >= 0.6 is 0 Å². The van der Waals surface area contributed by atoms with Crippen LogP contribution in [-0.2, 0) is 0 Å². The number of alkyl halides is 1. The molecule has 0 amide bonds. The van der Waals surface area contributed by atoms with Crippen molar-refractivity contribution in [2.75, 3.05) is 13.2 Å². The minimum Gasteiger partial charge on any atom is -0.326 e. The van der Waals surface area contributed by atoms with Gasteiger partial charge in [0.25, 0.3) is 0 Å². The first-order chi connectivity index (χ1) is 5.83. The lowest BCUT2D eigenvalue weighted by atomic mass is 9.98. The van der Waals surface area contributed by atoms with Crippen LogP contribution in [0.25, 0.3) is 0 Å². The van der Waals surface area contributed by atoms with E-state index in [0.717, 1.165) is 6.42 Å². The SMILES string of the molecule is N[C@@H]1CC[C@@H]2CC[C@H]1N2CCF. The van der Waals surface area contributed by atoms with Crippen molar-refractivity contribution in [3.05, 3.63) is 0 Å². The van der Waals surface area contributed by atoms with Gasteiger partial charge in [-0.15, -0.1) is 0 Å². The number of hydrogen-bond donors (Lipinski definition) is 1. The van der Waals surface area contributed by atoms with E-state index >= 15 is 0 Å². The fourth-order valence-corrected chi connectivity index (χ4v) is 2.76. The minimum absolute atomic E-state index is 0.222. The molecule has 2 fully saturated rings. The summed E-state index contributed by atoms with van der Waals surface area (Å²) < 4.78 is 12.2. The molecule has 3 atom stereocenters. The highest BCUT2D eigenvalue weighted by Gasteiger charge is 2.40. The average molecular weight is 172 g/mol. The molecule has 0 spiro atoms. The summed E-state index contributed by atoms with van der Waals surface area (Å²) in [5, 5.41) is 0. The Labute approximate surface area is 72.9 Å². The minimum atomic E-state index is -0.222. The van der Waals surface area contributed by atoms with E-state index in [-0.39, 0.29) is 6.67 Å². The van der Waals surface area contributed by atoms with Gasteiger partial charge in [-0.1, -0.05) is 0 Å². The highest BCUT2D eigenvalue weighted by atomic mass is 19.1. The molecule has 12 heavy (non-hydrogen) atoms. The van der Waals surface area contributed by atoms with Gasteiger partial charge < -0.3 is 5.73 Å². The quantitative estimate of drug-likeness (QED) is 0.671. The summed E-state index contributed by atoms with van der Waals surface area (Å²) in [5.41, 5.74) is 5.97. The van der Waals surface area contributed by atoms with Gasteiger partial charge in [0.15, 0.2) is 0 Å². The van der Waals surface area contributed by atoms with E-state index in [9.17, 15) is 4.39 Å². The standard InChI is InChI=1S/C9H17FN2/c10-5-6-12-7-1-3-8(11)9(12)4-2-7/h7-9H,1-6,11H2/t7-,8-,9-/m1/s1. The predicted octanol–water partition coefficient (Wildman–Crippen LogP) is 0.910. The first kappa shape index (κ1) is 8.45. The van der Waals surface area contributed by atoms with Crippen LogP contribution in [0.3, 0.4) is 0 Å². The molecule has 0 aromatic carbocycles. The van der Waals surface area contributed by atoms with Gasteiger partial charge in [0.1, 0.15) is 6.67 Å². The third-order valence-corrected chi connectivity index (χ3v) is 3.36. The second-order valence-electron chi connectivity index (χ2n) is 3.97. The van der Waals surface area contributed by atoms with Crippen molar-refractivity contribution >= 4 is 0 Å². The Balaban J connectivity index is 2.03. The monoisotopic (exact) mass is 172 g/mol. The molecule has 2 bridgehead atoms. The summed E-state index contributed by atoms with van der Waals surface area (Å²) in [7, 11) is 0. The topological polar surface area (TPSA) is 29.3 Å². The van der Waals surface area contributed by atoms with E-state index < -0.39 is 0 Å². The Morgan fingerprint density at radius 3 is 2.75 bits per heavy atom. The van der Waals surface area contributed by atoms with E-state index in [1.165, 1.54) is 19.3 Å². The molecule has 0 aromatic rings. The van der Waals surface area contributed by atoms with Gasteiger partial charge in [-0.3, -0.25) is 4.90 Å². The molecular weight excluding hydrogens is 155 g/mol. The molecule has 2 rings (SSSR count). The van der Waals surface area contributed by atoms with E-state index in [1.54, 1.807) is 0 Å². The molecule has 0 unspecified atom stereocenters. The van der Waals surface area contributed by atoms with Crippen LogP contribution in [0.5, 0.6) is 0 Å². The molecule has 0 aromatic heterocycles. The molecule has 0 aliphatic carbocycles. The summed E-state index contributed by atoms with van der Waals surface area (Å²) in [5.74, 6) is 0. The Morgan fingerprint density at radius 2 is 2.00 bits per heavy atom. The third kappa shape index (κ3) is 1.25. The summed E-state index contributed by atoms with van der Waals surface area (Å²) >= 11 is 0. The van der Waals surface area contributed by atoms with E-state index in [0.29, 0.717) is 24.7 Å². The zero-order chi connectivity index (χ0) is 8.55. The number of fused-ring (bicyclic) bond motifs is 2. The Morgan fingerprint density at radius 1 is 1.25 bits per heavy atom. The van der Waals surface area contributed by atoms with Gasteiger partial charge >= 0.3 is 0 Å². The molecule has 0 saturated carbocycles. The molecular formula is C9H17FN2. The Kier molecular flexibility index (Phi) is 2.33. The number of nitrogens with zero attached hydrogens (tertiary/aromatic N) is 1. The van der Waals surface area contributed by atoms with E-state index in [2.05, 4.69) is 4.90 Å². The van der Waals surface area contributed by atoms with Gasteiger partial charge in [0.05, 0.1) is 0 Å². The second kappa shape index (κ2) is 3.30. The Hall–Kier alpha value is -0.150. The van der Waals surface area contributed by atoms with Crippen LogP contribution < -0.4 is 5.73 Å². The lowest BCUT2D eigenvalue weighted by Crippen LogP contribution is -2.51. The van der Waals surface area contributed by atoms with Crippen molar-refractivity contribution in [3.8, 4) is 0 Å². The van der Waals surface area contributed by atoms with Crippen molar-refractivity contribution in [2.24, 2.45) is 5.73 Å². The lowest BCUT2D eigenvalue weighted by molar-refractivity contribution is 0.114. The van der Waals surface area contributed by atoms with Crippen LogP contribution in [-0.4, -0.2) is 36.2 Å². The number of rotatable bonds is 2. The number of nitrogens with two attached hydrogens (primary N) is 1. The molecule has 3 heteroatoms. The largest absolute Gasteiger partial charge is 0.326 e. The maximum Gasteiger partial charge on any atom is 0.102 e. The Bertz CT molecular complexity index is 163. The predicted molar refractivity (Wildman–Crippen MR) is 46.7 cm³/mol. The molecule has 2 saturated heterocycles. The fourth-order valence-electron chi connectivity index (χ4n) is 2.76. The van der Waals surface area contributed by atoms with Crippen LogP contribution in [0.4, 0.5) is 4.39 Å². The lowest BCUT2D eigenvalue weighted by Gasteiger charge is -2.37. The maximum atomic E-state index is 12.2. The summed E-state index contributed by atoms with van der Waals surface area (Å²) in [6.07, 6.45) is 4.74. The van der Waals surface area contributed by atoms with E-state index in [4.69, 9.17) is 5.73 Å². The maximum absolute atomic E-state index is 12.2. The van der Waals surface area contributed by atoms with Crippen molar-refractivity contribution in [2.45, 2.75) is 43.8 Å². The molecule has 70 valence electrons. The van der Waals surface area contributed by atoms with Crippen molar-refractivity contribution in [1.29, 1.82) is 0 Å². The molecule has 2 heterocycles. The molecule has 2 N–H and O–H groups in total. The smallest absolute Gasteiger partial charge is 0.102 e. The van der Waals surface area contributed by atoms with Gasteiger partial charge in [-0.25, -0.2) is 4.39 Å². The van der Waals surface area contributed by atoms with Crippen LogP contribution in [0, 0.1) is 0 Å². The summed E-state index contributed by atoms with van der Waals surface area (Å²) in [4.78, 5) is 2.29. The van der Waals surface area contributed by atoms with Crippen molar-refractivity contribution < 1.29 is 4.39 Å². The number of hydrogen-bond acceptors (Lipinski definition) is 2. The molecule has 2 aliphatic heterocycles. The van der Waals surface area contributed by atoms with Crippen LogP contribution in [0.1, 0.15) is 25.7 Å². The van der Waals surface area contributed by atoms with Gasteiger partial charge in [0, 0.05) is 24.7 Å². The van der Waals surface area contributed by atoms with E-state index in [1.807, 2.05) is 0 Å². The first-order valence-corrected chi connectivity index (χ1v) is 4.90. The highest BCUT2D eigenvalue weighted by molar-refractivity contribution is 4.97. The summed E-state index contributed by atoms with van der Waals surface area (Å²) in [6, 6.07) is 1.43. The molecule has 2 aliphatic rings.